The molecular weight excluding hydrogens is 452 g/mol. The number of rotatable bonds is 7. The van der Waals surface area contributed by atoms with Gasteiger partial charge in [0.25, 0.3) is 0 Å². The molecule has 2 aromatic heterocycles. The molecule has 3 heterocycles. The maximum absolute atomic E-state index is 13.3. The molecule has 0 aliphatic carbocycles. The quantitative estimate of drug-likeness (QED) is 0.411. The molecule has 0 radical (unpaired) electrons. The molecule has 8 heteroatoms. The van der Waals surface area contributed by atoms with Gasteiger partial charge in [0.15, 0.2) is 0 Å². The maximum atomic E-state index is 13.3. The van der Waals surface area contributed by atoms with E-state index >= 15 is 0 Å². The number of hydrogen-bond acceptors (Lipinski definition) is 5. The number of anilines is 1. The zero-order valence-electron chi connectivity index (χ0n) is 20.9. The van der Waals surface area contributed by atoms with E-state index in [1.54, 1.807) is 11.8 Å². The summed E-state index contributed by atoms with van der Waals surface area (Å²) in [6.07, 6.45) is 3.76. The molecule has 2 amide bonds. The summed E-state index contributed by atoms with van der Waals surface area (Å²) in [6, 6.07) is 18.2. The fourth-order valence-electron chi connectivity index (χ4n) is 5.10. The number of fused-ring (bicyclic) bond motifs is 1. The molecule has 2 aromatic carbocycles. The number of carbonyl (C=O) groups excluding carboxylic acids is 1. The van der Waals surface area contributed by atoms with Crippen LogP contribution in [-0.2, 0) is 11.8 Å². The molecule has 4 aromatic rings. The van der Waals surface area contributed by atoms with E-state index in [9.17, 15) is 4.79 Å². The van der Waals surface area contributed by atoms with Crippen molar-refractivity contribution in [1.82, 2.24) is 25.0 Å². The number of aromatic nitrogens is 3. The Morgan fingerprint density at radius 1 is 1.08 bits per heavy atom. The van der Waals surface area contributed by atoms with Crippen LogP contribution in [0.5, 0.6) is 0 Å². The Morgan fingerprint density at radius 3 is 2.56 bits per heavy atom. The van der Waals surface area contributed by atoms with Crippen LogP contribution in [0.4, 0.5) is 10.5 Å². The summed E-state index contributed by atoms with van der Waals surface area (Å²) in [5.74, 6) is 0.206. The van der Waals surface area contributed by atoms with Gasteiger partial charge in [-0.1, -0.05) is 54.6 Å². The first-order valence-corrected chi connectivity index (χ1v) is 12.3. The Morgan fingerprint density at radius 2 is 1.83 bits per heavy atom. The van der Waals surface area contributed by atoms with E-state index in [2.05, 4.69) is 44.9 Å². The predicted molar refractivity (Wildman–Crippen MR) is 142 cm³/mol. The number of aryl methyl sites for hydroxylation is 2. The highest BCUT2D eigenvalue weighted by Crippen LogP contribution is 2.34. The smallest absolute Gasteiger partial charge is 0.319 e. The Labute approximate surface area is 211 Å². The first-order chi connectivity index (χ1) is 17.5. The van der Waals surface area contributed by atoms with Crippen LogP contribution in [0.2, 0.25) is 0 Å². The van der Waals surface area contributed by atoms with Crippen molar-refractivity contribution in [1.29, 1.82) is 0 Å². The molecule has 2 atom stereocenters. The molecule has 0 spiro atoms. The van der Waals surface area contributed by atoms with Gasteiger partial charge in [-0.25, -0.2) is 4.79 Å². The number of benzene rings is 2. The van der Waals surface area contributed by atoms with Crippen molar-refractivity contribution in [2.24, 2.45) is 7.05 Å². The lowest BCUT2D eigenvalue weighted by molar-refractivity contribution is 0.159. The average molecular weight is 485 g/mol. The number of likely N-dealkylation sites (tertiary alicyclic amines) is 1. The average Bonchev–Trinajstić information content (AvgIpc) is 3.50. The van der Waals surface area contributed by atoms with Crippen molar-refractivity contribution in [3.05, 3.63) is 78.2 Å². The number of nitrogens with one attached hydrogen (secondary N) is 2. The second-order valence-electron chi connectivity index (χ2n) is 9.34. The molecule has 1 aliphatic heterocycles. The molecule has 8 nitrogen and oxygen atoms in total. The number of amides is 2. The fraction of sp³-hybridized carbons (Fsp3) is 0.321. The van der Waals surface area contributed by atoms with E-state index in [1.165, 1.54) is 5.56 Å². The molecule has 2 N–H and O–H groups in total. The van der Waals surface area contributed by atoms with Crippen molar-refractivity contribution < 1.29 is 9.53 Å². The van der Waals surface area contributed by atoms with E-state index in [4.69, 9.17) is 9.72 Å². The number of nitrogens with zero attached hydrogens (tertiary/aromatic N) is 4. The zero-order valence-corrected chi connectivity index (χ0v) is 20.9. The summed E-state index contributed by atoms with van der Waals surface area (Å²) in [6.45, 7) is 5.08. The summed E-state index contributed by atoms with van der Waals surface area (Å²) >= 11 is 0. The highest BCUT2D eigenvalue weighted by atomic mass is 16.5. The van der Waals surface area contributed by atoms with Crippen molar-refractivity contribution >= 4 is 22.5 Å². The first kappa shape index (κ1) is 24.0. The number of pyridine rings is 1. The SMILES string of the molecule is COCCN1C[C@@H](NC(=O)Nc2c(C)nc(-c3cnn(C)c3)c3ccccc23)[C@H](c2ccccc2)C1. The van der Waals surface area contributed by atoms with E-state index in [0.717, 1.165) is 53.0 Å². The number of urea groups is 1. The lowest BCUT2D eigenvalue weighted by atomic mass is 9.94. The first-order valence-electron chi connectivity index (χ1n) is 12.3. The number of methoxy groups -OCH3 is 1. The highest BCUT2D eigenvalue weighted by molar-refractivity contribution is 6.06. The van der Waals surface area contributed by atoms with Crippen LogP contribution in [0, 0.1) is 6.92 Å². The van der Waals surface area contributed by atoms with E-state index < -0.39 is 0 Å². The zero-order chi connectivity index (χ0) is 25.1. The van der Waals surface area contributed by atoms with Gasteiger partial charge < -0.3 is 15.4 Å². The summed E-state index contributed by atoms with van der Waals surface area (Å²) in [5, 5.41) is 12.6. The van der Waals surface area contributed by atoms with Gasteiger partial charge in [-0.15, -0.1) is 0 Å². The van der Waals surface area contributed by atoms with Crippen LogP contribution < -0.4 is 10.6 Å². The Balaban J connectivity index is 1.40. The molecule has 5 rings (SSSR count). The fourth-order valence-corrected chi connectivity index (χ4v) is 5.10. The van der Waals surface area contributed by atoms with Crippen LogP contribution in [0.3, 0.4) is 0 Å². The normalized spacial score (nSPS) is 18.0. The van der Waals surface area contributed by atoms with E-state index in [1.807, 2.05) is 56.7 Å². The Kier molecular flexibility index (Phi) is 6.97. The molecule has 36 heavy (non-hydrogen) atoms. The van der Waals surface area contributed by atoms with E-state index in [0.29, 0.717) is 6.61 Å². The summed E-state index contributed by atoms with van der Waals surface area (Å²) in [5.41, 5.74) is 4.51. The summed E-state index contributed by atoms with van der Waals surface area (Å²) < 4.78 is 7.05. The minimum atomic E-state index is -0.223. The van der Waals surface area contributed by atoms with Crippen LogP contribution in [0.25, 0.3) is 22.0 Å². The monoisotopic (exact) mass is 484 g/mol. The van der Waals surface area contributed by atoms with Crippen LogP contribution in [0.15, 0.2) is 67.0 Å². The predicted octanol–water partition coefficient (Wildman–Crippen LogP) is 4.18. The minimum Gasteiger partial charge on any atom is -0.383 e. The molecule has 1 fully saturated rings. The van der Waals surface area contributed by atoms with Crippen molar-refractivity contribution in [3.8, 4) is 11.3 Å². The van der Waals surface area contributed by atoms with Gasteiger partial charge in [0.2, 0.25) is 0 Å². The number of ether oxygens (including phenoxy) is 1. The minimum absolute atomic E-state index is 0.0153. The van der Waals surface area contributed by atoms with Crippen molar-refractivity contribution in [3.63, 3.8) is 0 Å². The lowest BCUT2D eigenvalue weighted by Gasteiger charge is -2.21. The third-order valence-corrected chi connectivity index (χ3v) is 6.86. The van der Waals surface area contributed by atoms with Crippen LogP contribution >= 0.6 is 0 Å². The Bertz CT molecular complexity index is 1350. The number of hydrogen-bond donors (Lipinski definition) is 2. The molecule has 1 saturated heterocycles. The second-order valence-corrected chi connectivity index (χ2v) is 9.34. The maximum Gasteiger partial charge on any atom is 0.319 e. The lowest BCUT2D eigenvalue weighted by Crippen LogP contribution is -2.42. The van der Waals surface area contributed by atoms with Gasteiger partial charge in [0.05, 0.1) is 35.9 Å². The number of carbonyl (C=O) groups is 1. The summed E-state index contributed by atoms with van der Waals surface area (Å²) in [7, 11) is 3.61. The van der Waals surface area contributed by atoms with Gasteiger partial charge in [-0.3, -0.25) is 14.6 Å². The van der Waals surface area contributed by atoms with Gasteiger partial charge >= 0.3 is 6.03 Å². The van der Waals surface area contributed by atoms with Crippen LogP contribution in [-0.4, -0.2) is 65.1 Å². The van der Waals surface area contributed by atoms with Crippen LogP contribution in [0.1, 0.15) is 17.2 Å². The molecule has 1 aliphatic rings. The topological polar surface area (TPSA) is 84.3 Å². The third kappa shape index (κ3) is 4.96. The third-order valence-electron chi connectivity index (χ3n) is 6.86. The van der Waals surface area contributed by atoms with Gasteiger partial charge in [0, 0.05) is 62.2 Å². The van der Waals surface area contributed by atoms with E-state index in [-0.39, 0.29) is 18.0 Å². The molecule has 0 unspecified atom stereocenters. The largest absolute Gasteiger partial charge is 0.383 e. The van der Waals surface area contributed by atoms with Gasteiger partial charge in [0.1, 0.15) is 0 Å². The van der Waals surface area contributed by atoms with Crippen molar-refractivity contribution in [2.45, 2.75) is 18.9 Å². The molecule has 186 valence electrons. The molecule has 0 bridgehead atoms. The molecular formula is C28H32N6O2. The van der Waals surface area contributed by atoms with Gasteiger partial charge in [-0.05, 0) is 12.5 Å². The van der Waals surface area contributed by atoms with Gasteiger partial charge in [-0.2, -0.15) is 5.10 Å². The second kappa shape index (κ2) is 10.5. The standard InChI is InChI=1S/C28H32N6O2/c1-19-26(22-11-7-8-12-23(22)27(30-19)21-15-29-33(2)16-21)32-28(35)31-25-18-34(13-14-36-3)17-24(25)20-9-5-4-6-10-20/h4-12,15-16,24-25H,13-14,17-18H2,1-3H3,(H2,31,32,35)/t24-,25+/m0/s1. The van der Waals surface area contributed by atoms with Crippen molar-refractivity contribution in [2.75, 3.05) is 38.7 Å². The summed E-state index contributed by atoms with van der Waals surface area (Å²) in [4.78, 5) is 20.5. The highest BCUT2D eigenvalue weighted by Gasteiger charge is 2.34. The Hall–Kier alpha value is -3.75. The molecule has 0 saturated carbocycles.